The van der Waals surface area contributed by atoms with E-state index in [1.807, 2.05) is 0 Å². The normalized spacial score (nSPS) is 10.5. The van der Waals surface area contributed by atoms with E-state index in [9.17, 15) is 9.90 Å². The second kappa shape index (κ2) is 11.7. The summed E-state index contributed by atoms with van der Waals surface area (Å²) < 4.78 is 4.97. The number of amides is 1. The zero-order valence-corrected chi connectivity index (χ0v) is 14.4. The van der Waals surface area contributed by atoms with Gasteiger partial charge in [-0.25, -0.2) is 4.98 Å². The fraction of sp³-hybridized carbons (Fsp3) is 0.667. The Balaban J connectivity index is 2.13. The Bertz CT molecular complexity index is 464. The number of pyridine rings is 1. The monoisotopic (exact) mass is 322 g/mol. The van der Waals surface area contributed by atoms with Crippen molar-refractivity contribution in [2.45, 2.75) is 64.7 Å². The van der Waals surface area contributed by atoms with E-state index in [2.05, 4.69) is 17.2 Å². The van der Waals surface area contributed by atoms with E-state index >= 15 is 0 Å². The molecule has 1 heterocycles. The van der Waals surface area contributed by atoms with Gasteiger partial charge >= 0.3 is 0 Å². The highest BCUT2D eigenvalue weighted by Gasteiger charge is 2.15. The number of unbranched alkanes of at least 4 members (excludes halogenated alkanes) is 8. The third kappa shape index (κ3) is 7.35. The van der Waals surface area contributed by atoms with Crippen molar-refractivity contribution >= 4 is 5.91 Å². The Kier molecular flexibility index (Phi) is 9.84. The first kappa shape index (κ1) is 19.3. The van der Waals surface area contributed by atoms with Gasteiger partial charge in [0.2, 0.25) is 0 Å². The molecule has 0 fully saturated rings. The summed E-state index contributed by atoms with van der Waals surface area (Å²) in [6, 6.07) is 1.52. The summed E-state index contributed by atoms with van der Waals surface area (Å²) in [5.74, 6) is -0.311. The van der Waals surface area contributed by atoms with Crippen LogP contribution in [0.25, 0.3) is 0 Å². The van der Waals surface area contributed by atoms with Gasteiger partial charge in [0.15, 0.2) is 17.2 Å². The molecule has 0 aliphatic heterocycles. The SMILES string of the molecule is CCCCCCCCCCCNC(=O)c1nccc(OC)c1O. The second-order valence-corrected chi connectivity index (χ2v) is 5.79. The molecule has 1 rings (SSSR count). The minimum Gasteiger partial charge on any atom is -0.503 e. The number of hydrogen-bond donors (Lipinski definition) is 2. The van der Waals surface area contributed by atoms with Crippen LogP contribution in [0.3, 0.4) is 0 Å². The molecule has 1 aromatic rings. The van der Waals surface area contributed by atoms with Crippen LogP contribution in [0.15, 0.2) is 12.3 Å². The van der Waals surface area contributed by atoms with Gasteiger partial charge in [-0.2, -0.15) is 0 Å². The molecule has 0 atom stereocenters. The fourth-order valence-corrected chi connectivity index (χ4v) is 2.49. The van der Waals surface area contributed by atoms with Crippen LogP contribution >= 0.6 is 0 Å². The molecular weight excluding hydrogens is 292 g/mol. The van der Waals surface area contributed by atoms with Gasteiger partial charge in [0.05, 0.1) is 7.11 Å². The molecule has 1 aromatic heterocycles. The molecule has 5 heteroatoms. The first-order chi connectivity index (χ1) is 11.2. The first-order valence-electron chi connectivity index (χ1n) is 8.70. The van der Waals surface area contributed by atoms with Crippen LogP contribution in [0, 0.1) is 0 Å². The Morgan fingerprint density at radius 3 is 2.35 bits per heavy atom. The molecule has 0 bridgehead atoms. The van der Waals surface area contributed by atoms with E-state index in [0.29, 0.717) is 6.54 Å². The van der Waals surface area contributed by atoms with E-state index in [1.54, 1.807) is 0 Å². The number of aromatic nitrogens is 1. The number of carbonyl (C=O) groups is 1. The zero-order valence-electron chi connectivity index (χ0n) is 14.4. The number of nitrogens with zero attached hydrogens (tertiary/aromatic N) is 1. The van der Waals surface area contributed by atoms with Gasteiger partial charge in [0.25, 0.3) is 5.91 Å². The lowest BCUT2D eigenvalue weighted by atomic mass is 10.1. The molecule has 0 saturated heterocycles. The lowest BCUT2D eigenvalue weighted by Crippen LogP contribution is -2.25. The van der Waals surface area contributed by atoms with Crippen LogP contribution in [0.5, 0.6) is 11.5 Å². The maximum absolute atomic E-state index is 12.0. The summed E-state index contributed by atoms with van der Waals surface area (Å²) in [7, 11) is 1.44. The number of ether oxygens (including phenoxy) is 1. The lowest BCUT2D eigenvalue weighted by Gasteiger charge is -2.08. The quantitative estimate of drug-likeness (QED) is 0.569. The Hall–Kier alpha value is -1.78. The van der Waals surface area contributed by atoms with Gasteiger partial charge in [0.1, 0.15) is 0 Å². The third-order valence-corrected chi connectivity index (χ3v) is 3.89. The van der Waals surface area contributed by atoms with Gasteiger partial charge in [0, 0.05) is 18.8 Å². The average Bonchev–Trinajstić information content (AvgIpc) is 2.56. The van der Waals surface area contributed by atoms with E-state index < -0.39 is 0 Å². The van der Waals surface area contributed by atoms with E-state index in [1.165, 1.54) is 64.3 Å². The first-order valence-corrected chi connectivity index (χ1v) is 8.70. The minimum atomic E-state index is -0.360. The molecule has 0 radical (unpaired) electrons. The van der Waals surface area contributed by atoms with E-state index in [4.69, 9.17) is 4.74 Å². The van der Waals surface area contributed by atoms with Crippen LogP contribution in [0.2, 0.25) is 0 Å². The van der Waals surface area contributed by atoms with Crippen molar-refractivity contribution in [3.05, 3.63) is 18.0 Å². The summed E-state index contributed by atoms with van der Waals surface area (Å²) >= 11 is 0. The molecule has 1 amide bonds. The number of carbonyl (C=O) groups excluding carboxylic acids is 1. The van der Waals surface area contributed by atoms with Crippen molar-refractivity contribution in [2.75, 3.05) is 13.7 Å². The number of aromatic hydroxyl groups is 1. The van der Waals surface area contributed by atoms with Gasteiger partial charge in [-0.05, 0) is 6.42 Å². The molecule has 0 aromatic carbocycles. The van der Waals surface area contributed by atoms with E-state index in [-0.39, 0.29) is 23.1 Å². The molecule has 0 aliphatic carbocycles. The maximum atomic E-state index is 12.0. The molecule has 0 spiro atoms. The number of nitrogens with one attached hydrogen (secondary N) is 1. The van der Waals surface area contributed by atoms with Gasteiger partial charge < -0.3 is 15.2 Å². The van der Waals surface area contributed by atoms with Crippen LogP contribution in [-0.2, 0) is 0 Å². The molecule has 0 saturated carbocycles. The van der Waals surface area contributed by atoms with Crippen molar-refractivity contribution in [1.29, 1.82) is 0 Å². The van der Waals surface area contributed by atoms with Gasteiger partial charge in [-0.15, -0.1) is 0 Å². The lowest BCUT2D eigenvalue weighted by molar-refractivity contribution is 0.0944. The van der Waals surface area contributed by atoms with Crippen molar-refractivity contribution in [3.8, 4) is 11.5 Å². The summed E-state index contributed by atoms with van der Waals surface area (Å²) in [6.07, 6.45) is 12.6. The van der Waals surface area contributed by atoms with Gasteiger partial charge in [-0.1, -0.05) is 58.3 Å². The Labute approximate surface area is 139 Å². The van der Waals surface area contributed by atoms with Gasteiger partial charge in [-0.3, -0.25) is 4.79 Å². The summed E-state index contributed by atoms with van der Waals surface area (Å²) in [5.41, 5.74) is 0.0141. The van der Waals surface area contributed by atoms with Crippen LogP contribution < -0.4 is 10.1 Å². The summed E-state index contributed by atoms with van der Waals surface area (Å²) in [6.45, 7) is 2.84. The average molecular weight is 322 g/mol. The highest BCUT2D eigenvalue weighted by molar-refractivity contribution is 5.95. The molecule has 0 aliphatic rings. The smallest absolute Gasteiger partial charge is 0.273 e. The molecule has 23 heavy (non-hydrogen) atoms. The number of rotatable bonds is 12. The standard InChI is InChI=1S/C18H30N2O3/c1-3-4-5-6-7-8-9-10-11-13-20-18(22)16-17(21)15(23-2)12-14-19-16/h12,14,21H,3-11,13H2,1-2H3,(H,20,22). The molecule has 2 N–H and O–H groups in total. The Morgan fingerprint density at radius 2 is 1.74 bits per heavy atom. The summed E-state index contributed by atoms with van der Waals surface area (Å²) in [4.78, 5) is 15.9. The molecule has 0 unspecified atom stereocenters. The molecule has 130 valence electrons. The highest BCUT2D eigenvalue weighted by Crippen LogP contribution is 2.27. The van der Waals surface area contributed by atoms with Crippen LogP contribution in [0.1, 0.15) is 75.2 Å². The van der Waals surface area contributed by atoms with Crippen molar-refractivity contribution < 1.29 is 14.6 Å². The van der Waals surface area contributed by atoms with Crippen molar-refractivity contribution in [1.82, 2.24) is 10.3 Å². The van der Waals surface area contributed by atoms with Crippen molar-refractivity contribution in [3.63, 3.8) is 0 Å². The third-order valence-electron chi connectivity index (χ3n) is 3.89. The zero-order chi connectivity index (χ0) is 16.9. The predicted octanol–water partition coefficient (Wildman–Crippen LogP) is 4.06. The van der Waals surface area contributed by atoms with Crippen molar-refractivity contribution in [2.24, 2.45) is 0 Å². The minimum absolute atomic E-state index is 0.0141. The largest absolute Gasteiger partial charge is 0.503 e. The topological polar surface area (TPSA) is 71.5 Å². The fourth-order valence-electron chi connectivity index (χ4n) is 2.49. The summed E-state index contributed by atoms with van der Waals surface area (Å²) in [5, 5.41) is 12.7. The van der Waals surface area contributed by atoms with E-state index in [0.717, 1.165) is 12.8 Å². The molecular formula is C18H30N2O3. The number of hydrogen-bond acceptors (Lipinski definition) is 4. The number of methoxy groups -OCH3 is 1. The second-order valence-electron chi connectivity index (χ2n) is 5.79. The van der Waals surface area contributed by atoms with Crippen LogP contribution in [0.4, 0.5) is 0 Å². The molecule has 5 nitrogen and oxygen atoms in total. The Morgan fingerprint density at radius 1 is 1.13 bits per heavy atom. The van der Waals surface area contributed by atoms with Crippen LogP contribution in [-0.4, -0.2) is 29.7 Å². The maximum Gasteiger partial charge on any atom is 0.273 e. The highest BCUT2D eigenvalue weighted by atomic mass is 16.5. The predicted molar refractivity (Wildman–Crippen MR) is 92.0 cm³/mol.